The molecule has 2 heterocycles. The van der Waals surface area contributed by atoms with E-state index in [-0.39, 0.29) is 49.6 Å². The van der Waals surface area contributed by atoms with Crippen molar-refractivity contribution in [2.24, 2.45) is 5.73 Å². The van der Waals surface area contributed by atoms with Crippen LogP contribution >= 0.6 is 49.6 Å². The Morgan fingerprint density at radius 2 is 1.68 bits per heavy atom. The first-order chi connectivity index (χ1) is 7.31. The summed E-state index contributed by atoms with van der Waals surface area (Å²) in [5, 5.41) is 0. The number of halogens is 4. The molecule has 1 aliphatic heterocycles. The van der Waals surface area contributed by atoms with Gasteiger partial charge in [-0.1, -0.05) is 6.07 Å². The van der Waals surface area contributed by atoms with E-state index in [1.165, 1.54) is 0 Å². The Morgan fingerprint density at radius 1 is 1.11 bits per heavy atom. The molecule has 1 saturated heterocycles. The van der Waals surface area contributed by atoms with Crippen LogP contribution in [-0.4, -0.2) is 43.1 Å². The average Bonchev–Trinajstić information content (AvgIpc) is 2.30. The number of nitrogens with two attached hydrogens (primary N) is 1. The molecule has 0 amide bonds. The third-order valence-corrected chi connectivity index (χ3v) is 2.89. The van der Waals surface area contributed by atoms with Gasteiger partial charge in [0.1, 0.15) is 5.82 Å². The summed E-state index contributed by atoms with van der Waals surface area (Å²) in [7, 11) is 2.15. The highest BCUT2D eigenvalue weighted by Gasteiger charge is 2.16. The summed E-state index contributed by atoms with van der Waals surface area (Å²) in [5.41, 5.74) is 6.85. The lowest BCUT2D eigenvalue weighted by atomic mass is 10.2. The van der Waals surface area contributed by atoms with E-state index < -0.39 is 0 Å². The van der Waals surface area contributed by atoms with Crippen molar-refractivity contribution in [3.05, 3.63) is 23.9 Å². The van der Waals surface area contributed by atoms with Crippen LogP contribution in [0.5, 0.6) is 0 Å². The highest BCUT2D eigenvalue weighted by molar-refractivity contribution is 5.86. The first kappa shape index (κ1) is 24.1. The fourth-order valence-electron chi connectivity index (χ4n) is 1.89. The molecule has 2 rings (SSSR count). The zero-order chi connectivity index (χ0) is 10.7. The summed E-state index contributed by atoms with van der Waals surface area (Å²) in [6.07, 6.45) is 1.84. The van der Waals surface area contributed by atoms with Gasteiger partial charge in [-0.05, 0) is 13.1 Å². The van der Waals surface area contributed by atoms with Crippen molar-refractivity contribution >= 4 is 55.4 Å². The lowest BCUT2D eigenvalue weighted by Crippen LogP contribution is -2.45. The van der Waals surface area contributed by atoms with Gasteiger partial charge >= 0.3 is 0 Å². The molecule has 0 radical (unpaired) electrons. The van der Waals surface area contributed by atoms with Gasteiger partial charge in [0.15, 0.2) is 0 Å². The normalized spacial score (nSPS) is 14.3. The van der Waals surface area contributed by atoms with Crippen molar-refractivity contribution < 1.29 is 0 Å². The number of rotatable bonds is 2. The van der Waals surface area contributed by atoms with Gasteiger partial charge in [-0.3, -0.25) is 0 Å². The van der Waals surface area contributed by atoms with E-state index in [4.69, 9.17) is 5.73 Å². The molecule has 0 atom stereocenters. The van der Waals surface area contributed by atoms with Crippen LogP contribution in [0, 0.1) is 0 Å². The minimum Gasteiger partial charge on any atom is -0.354 e. The van der Waals surface area contributed by atoms with E-state index in [1.54, 1.807) is 0 Å². The Balaban J connectivity index is -0.000000640. The molecule has 1 aromatic heterocycles. The number of aromatic nitrogens is 1. The molecule has 0 bridgehead atoms. The Kier molecular flexibility index (Phi) is 15.0. The topological polar surface area (TPSA) is 45.4 Å². The molecule has 1 aliphatic rings. The molecule has 2 N–H and O–H groups in total. The molecule has 0 saturated carbocycles. The third kappa shape index (κ3) is 6.34. The van der Waals surface area contributed by atoms with Crippen LogP contribution in [0.25, 0.3) is 0 Å². The van der Waals surface area contributed by atoms with Gasteiger partial charge < -0.3 is 15.5 Å². The quantitative estimate of drug-likeness (QED) is 0.884. The Morgan fingerprint density at radius 3 is 2.21 bits per heavy atom. The maximum absolute atomic E-state index is 5.71. The zero-order valence-corrected chi connectivity index (χ0v) is 14.1. The second-order valence-electron chi connectivity index (χ2n) is 3.98. The van der Waals surface area contributed by atoms with Crippen LogP contribution in [0.2, 0.25) is 0 Å². The average molecular weight is 352 g/mol. The molecule has 0 aromatic carbocycles. The number of hydrogen-bond donors (Lipinski definition) is 1. The smallest absolute Gasteiger partial charge is 0.133 e. The largest absolute Gasteiger partial charge is 0.354 e. The molecule has 0 unspecified atom stereocenters. The van der Waals surface area contributed by atoms with Crippen molar-refractivity contribution in [2.45, 2.75) is 6.54 Å². The maximum Gasteiger partial charge on any atom is 0.133 e. The SMILES string of the molecule is CN1CCN(c2ncccc2CN)CC1.Cl.Cl.Cl.Cl. The molecule has 1 aromatic rings. The van der Waals surface area contributed by atoms with Crippen molar-refractivity contribution in [1.82, 2.24) is 9.88 Å². The minimum absolute atomic E-state index is 0. The monoisotopic (exact) mass is 350 g/mol. The van der Waals surface area contributed by atoms with E-state index in [9.17, 15) is 0 Å². The van der Waals surface area contributed by atoms with Crippen LogP contribution in [0.15, 0.2) is 18.3 Å². The van der Waals surface area contributed by atoms with Gasteiger partial charge in [0.05, 0.1) is 0 Å². The number of nitrogens with zero attached hydrogens (tertiary/aromatic N) is 3. The van der Waals surface area contributed by atoms with Crippen LogP contribution in [0.1, 0.15) is 5.56 Å². The second kappa shape index (κ2) is 11.8. The standard InChI is InChI=1S/C11H18N4.4ClH/c1-14-5-7-15(8-6-14)11-10(9-12)3-2-4-13-11;;;;/h2-4H,5-9,12H2,1H3;4*1H. The highest BCUT2D eigenvalue weighted by atomic mass is 35.5. The summed E-state index contributed by atoms with van der Waals surface area (Å²) in [4.78, 5) is 9.08. The summed E-state index contributed by atoms with van der Waals surface area (Å²) < 4.78 is 0. The molecule has 19 heavy (non-hydrogen) atoms. The zero-order valence-electron chi connectivity index (χ0n) is 10.8. The Bertz CT molecular complexity index is 332. The number of pyridine rings is 1. The van der Waals surface area contributed by atoms with Gasteiger partial charge in [0, 0.05) is 44.5 Å². The third-order valence-electron chi connectivity index (χ3n) is 2.89. The van der Waals surface area contributed by atoms with Gasteiger partial charge in [-0.2, -0.15) is 0 Å². The highest BCUT2D eigenvalue weighted by Crippen LogP contribution is 2.17. The summed E-state index contributed by atoms with van der Waals surface area (Å²) in [5.74, 6) is 1.06. The maximum atomic E-state index is 5.71. The van der Waals surface area contributed by atoms with E-state index in [0.29, 0.717) is 6.54 Å². The fraction of sp³-hybridized carbons (Fsp3) is 0.545. The van der Waals surface area contributed by atoms with Gasteiger partial charge in [-0.15, -0.1) is 49.6 Å². The summed E-state index contributed by atoms with van der Waals surface area (Å²) >= 11 is 0. The van der Waals surface area contributed by atoms with Crippen molar-refractivity contribution in [1.29, 1.82) is 0 Å². The fourth-order valence-corrected chi connectivity index (χ4v) is 1.89. The molecule has 0 aliphatic carbocycles. The van der Waals surface area contributed by atoms with Gasteiger partial charge in [0.2, 0.25) is 0 Å². The van der Waals surface area contributed by atoms with E-state index in [1.807, 2.05) is 12.3 Å². The van der Waals surface area contributed by atoms with Crippen LogP contribution in [-0.2, 0) is 6.54 Å². The van der Waals surface area contributed by atoms with Crippen LogP contribution in [0.3, 0.4) is 0 Å². The number of anilines is 1. The minimum atomic E-state index is 0. The van der Waals surface area contributed by atoms with Crippen molar-refractivity contribution in [3.8, 4) is 0 Å². The molecule has 114 valence electrons. The predicted molar refractivity (Wildman–Crippen MR) is 90.8 cm³/mol. The van der Waals surface area contributed by atoms with Crippen LogP contribution in [0.4, 0.5) is 5.82 Å². The first-order valence-corrected chi connectivity index (χ1v) is 5.38. The lowest BCUT2D eigenvalue weighted by molar-refractivity contribution is 0.312. The second-order valence-corrected chi connectivity index (χ2v) is 3.98. The Labute approximate surface area is 139 Å². The lowest BCUT2D eigenvalue weighted by Gasteiger charge is -2.34. The Hall–Kier alpha value is 0.0300. The van der Waals surface area contributed by atoms with E-state index in [2.05, 4.69) is 27.9 Å². The van der Waals surface area contributed by atoms with Crippen LogP contribution < -0.4 is 10.6 Å². The summed E-state index contributed by atoms with van der Waals surface area (Å²) in [6, 6.07) is 4.00. The molecule has 0 spiro atoms. The van der Waals surface area contributed by atoms with E-state index >= 15 is 0 Å². The molecule has 1 fully saturated rings. The molecule has 8 heteroatoms. The number of hydrogen-bond acceptors (Lipinski definition) is 4. The summed E-state index contributed by atoms with van der Waals surface area (Å²) in [6.45, 7) is 4.84. The number of piperazine rings is 1. The number of likely N-dealkylation sites (N-methyl/N-ethyl adjacent to an activating group) is 1. The van der Waals surface area contributed by atoms with E-state index in [0.717, 1.165) is 37.6 Å². The van der Waals surface area contributed by atoms with Crippen molar-refractivity contribution in [2.75, 3.05) is 38.1 Å². The predicted octanol–water partition coefficient (Wildman–Crippen LogP) is 1.98. The molecular formula is C11H22Cl4N4. The molecular weight excluding hydrogens is 330 g/mol. The van der Waals surface area contributed by atoms with Crippen molar-refractivity contribution in [3.63, 3.8) is 0 Å². The van der Waals surface area contributed by atoms with Gasteiger partial charge in [-0.25, -0.2) is 4.98 Å². The van der Waals surface area contributed by atoms with Gasteiger partial charge in [0.25, 0.3) is 0 Å². The first-order valence-electron chi connectivity index (χ1n) is 5.38. The molecule has 4 nitrogen and oxygen atoms in total.